The van der Waals surface area contributed by atoms with E-state index in [1.165, 1.54) is 30.5 Å². The lowest BCUT2D eigenvalue weighted by Crippen LogP contribution is -2.22. The van der Waals surface area contributed by atoms with Gasteiger partial charge in [-0.2, -0.15) is 0 Å². The van der Waals surface area contributed by atoms with Crippen LogP contribution in [0.2, 0.25) is 0 Å². The van der Waals surface area contributed by atoms with Crippen molar-refractivity contribution in [2.45, 2.75) is 12.3 Å². The highest BCUT2D eigenvalue weighted by molar-refractivity contribution is 5.90. The maximum Gasteiger partial charge on any atom is 0.312 e. The normalized spacial score (nSPS) is 15.6. The lowest BCUT2D eigenvalue weighted by Gasteiger charge is -2.25. The molecule has 5 rings (SSSR count). The van der Waals surface area contributed by atoms with Gasteiger partial charge in [0.05, 0.1) is 17.4 Å². The van der Waals surface area contributed by atoms with Crippen LogP contribution in [0.1, 0.15) is 23.5 Å². The topological polar surface area (TPSA) is 76.7 Å². The Morgan fingerprint density at radius 2 is 1.80 bits per heavy atom. The van der Waals surface area contributed by atoms with Crippen LogP contribution in [0.3, 0.4) is 0 Å². The third-order valence-corrected chi connectivity index (χ3v) is 5.32. The molecule has 6 heteroatoms. The molecular formula is C24H15FO5. The van der Waals surface area contributed by atoms with Gasteiger partial charge in [-0.1, -0.05) is 30.3 Å². The number of ether oxygens (including phenoxy) is 1. The van der Waals surface area contributed by atoms with Gasteiger partial charge in [0.2, 0.25) is 5.43 Å². The molecule has 1 aliphatic heterocycles. The van der Waals surface area contributed by atoms with Gasteiger partial charge < -0.3 is 14.3 Å². The Labute approximate surface area is 170 Å². The van der Waals surface area contributed by atoms with Crippen molar-refractivity contribution >= 4 is 16.9 Å². The number of phenols is 1. The smallest absolute Gasteiger partial charge is 0.312 e. The van der Waals surface area contributed by atoms with Crippen LogP contribution in [0.25, 0.3) is 22.1 Å². The Hall–Kier alpha value is -3.93. The van der Waals surface area contributed by atoms with Crippen molar-refractivity contribution in [3.05, 3.63) is 94.1 Å². The molecule has 4 aromatic rings. The first-order valence-electron chi connectivity index (χ1n) is 9.36. The van der Waals surface area contributed by atoms with Gasteiger partial charge in [0, 0.05) is 17.0 Å². The van der Waals surface area contributed by atoms with E-state index in [1.807, 2.05) is 0 Å². The number of hydrogen-bond acceptors (Lipinski definition) is 5. The molecule has 1 aromatic heterocycles. The number of carbonyl (C=O) groups excluding carboxylic acids is 1. The number of benzene rings is 3. The maximum absolute atomic E-state index is 14.2. The molecule has 0 amide bonds. The fourth-order valence-electron chi connectivity index (χ4n) is 3.95. The van der Waals surface area contributed by atoms with Crippen LogP contribution in [0.5, 0.6) is 11.5 Å². The molecule has 1 N–H and O–H groups in total. The predicted octanol–water partition coefficient (Wildman–Crippen LogP) is 4.75. The highest BCUT2D eigenvalue weighted by atomic mass is 19.1. The number of fused-ring (bicyclic) bond motifs is 3. The summed E-state index contributed by atoms with van der Waals surface area (Å²) in [4.78, 5) is 25.3. The van der Waals surface area contributed by atoms with Crippen molar-refractivity contribution in [2.24, 2.45) is 0 Å². The van der Waals surface area contributed by atoms with Crippen LogP contribution in [0.4, 0.5) is 4.39 Å². The molecular weight excluding hydrogens is 387 g/mol. The van der Waals surface area contributed by atoms with Crippen molar-refractivity contribution in [3.63, 3.8) is 0 Å². The summed E-state index contributed by atoms with van der Waals surface area (Å²) in [5, 5.41) is 10.1. The van der Waals surface area contributed by atoms with E-state index in [2.05, 4.69) is 0 Å². The fraction of sp³-hybridized carbons (Fsp3) is 0.0833. The maximum atomic E-state index is 14.2. The molecule has 3 aromatic carbocycles. The summed E-state index contributed by atoms with van der Waals surface area (Å²) in [6.45, 7) is 0. The number of carbonyl (C=O) groups is 1. The molecule has 1 aliphatic rings. The molecule has 1 atom stereocenters. The molecule has 148 valence electrons. The predicted molar refractivity (Wildman–Crippen MR) is 108 cm³/mol. The van der Waals surface area contributed by atoms with Gasteiger partial charge >= 0.3 is 5.97 Å². The zero-order valence-corrected chi connectivity index (χ0v) is 15.6. The standard InChI is InChI=1S/C24H15FO5/c25-19-7-2-1-6-15(19)18-12-29-24-16(23(18)28)8-9-20-22(24)17(11-21(27)30-20)13-4-3-5-14(26)10-13/h1-10,12,17,26H,11H2. The Bertz CT molecular complexity index is 1370. The Balaban J connectivity index is 1.76. The molecule has 2 heterocycles. The summed E-state index contributed by atoms with van der Waals surface area (Å²) >= 11 is 0. The van der Waals surface area contributed by atoms with E-state index in [0.29, 0.717) is 16.9 Å². The van der Waals surface area contributed by atoms with E-state index in [-0.39, 0.29) is 39.7 Å². The first kappa shape index (κ1) is 18.1. The second-order valence-electron chi connectivity index (χ2n) is 7.14. The highest BCUT2D eigenvalue weighted by Gasteiger charge is 2.32. The molecule has 5 nitrogen and oxygen atoms in total. The lowest BCUT2D eigenvalue weighted by atomic mass is 9.85. The Morgan fingerprint density at radius 1 is 0.967 bits per heavy atom. The number of halogens is 1. The van der Waals surface area contributed by atoms with E-state index in [1.54, 1.807) is 36.4 Å². The molecule has 0 aliphatic carbocycles. The average Bonchev–Trinajstić information content (AvgIpc) is 2.74. The number of phenolic OH excluding ortho intramolecular Hbond substituents is 1. The minimum Gasteiger partial charge on any atom is -0.508 e. The van der Waals surface area contributed by atoms with Crippen molar-refractivity contribution in [1.82, 2.24) is 0 Å². The summed E-state index contributed by atoms with van der Waals surface area (Å²) in [5.74, 6) is -1.03. The summed E-state index contributed by atoms with van der Waals surface area (Å²) in [5.41, 5.74) is 1.41. The average molecular weight is 402 g/mol. The summed E-state index contributed by atoms with van der Waals surface area (Å²) in [6.07, 6.45) is 1.27. The Kier molecular flexibility index (Phi) is 4.13. The van der Waals surface area contributed by atoms with Gasteiger partial charge in [-0.3, -0.25) is 9.59 Å². The van der Waals surface area contributed by atoms with E-state index >= 15 is 0 Å². The number of esters is 1. The van der Waals surface area contributed by atoms with Crippen molar-refractivity contribution in [3.8, 4) is 22.6 Å². The van der Waals surface area contributed by atoms with Gasteiger partial charge in [0.15, 0.2) is 0 Å². The van der Waals surface area contributed by atoms with Crippen LogP contribution in [-0.2, 0) is 4.79 Å². The molecule has 0 spiro atoms. The number of hydrogen-bond donors (Lipinski definition) is 1. The van der Waals surface area contributed by atoms with Crippen molar-refractivity contribution in [2.75, 3.05) is 0 Å². The van der Waals surface area contributed by atoms with Crippen LogP contribution in [0, 0.1) is 5.82 Å². The van der Waals surface area contributed by atoms with Crippen LogP contribution < -0.4 is 10.2 Å². The second-order valence-corrected chi connectivity index (χ2v) is 7.14. The van der Waals surface area contributed by atoms with E-state index < -0.39 is 17.7 Å². The zero-order chi connectivity index (χ0) is 20.8. The second kappa shape index (κ2) is 6.84. The number of rotatable bonds is 2. The molecule has 1 unspecified atom stereocenters. The molecule has 0 bridgehead atoms. The molecule has 0 saturated heterocycles. The molecule has 30 heavy (non-hydrogen) atoms. The van der Waals surface area contributed by atoms with Gasteiger partial charge in [-0.05, 0) is 35.9 Å². The molecule has 0 fully saturated rings. The third-order valence-electron chi connectivity index (χ3n) is 5.32. The first-order valence-corrected chi connectivity index (χ1v) is 9.36. The van der Waals surface area contributed by atoms with Crippen LogP contribution >= 0.6 is 0 Å². The third kappa shape index (κ3) is 2.85. The first-order chi connectivity index (χ1) is 14.5. The van der Waals surface area contributed by atoms with Gasteiger partial charge in [0.25, 0.3) is 0 Å². The zero-order valence-electron chi connectivity index (χ0n) is 15.6. The molecule has 0 radical (unpaired) electrons. The minimum atomic E-state index is -0.520. The van der Waals surface area contributed by atoms with E-state index in [0.717, 1.165) is 0 Å². The largest absolute Gasteiger partial charge is 0.508 e. The lowest BCUT2D eigenvalue weighted by molar-refractivity contribution is -0.135. The summed E-state index contributed by atoms with van der Waals surface area (Å²) < 4.78 is 25.4. The SMILES string of the molecule is O=C1CC(c2cccc(O)c2)c2c(ccc3c(=O)c(-c4ccccc4F)coc23)O1. The van der Waals surface area contributed by atoms with Crippen molar-refractivity contribution < 1.29 is 23.4 Å². The van der Waals surface area contributed by atoms with E-state index in [9.17, 15) is 19.1 Å². The van der Waals surface area contributed by atoms with E-state index in [4.69, 9.17) is 9.15 Å². The summed E-state index contributed by atoms with van der Waals surface area (Å²) in [7, 11) is 0. The summed E-state index contributed by atoms with van der Waals surface area (Å²) in [6, 6.07) is 15.6. The minimum absolute atomic E-state index is 0.0361. The van der Waals surface area contributed by atoms with Gasteiger partial charge in [-0.25, -0.2) is 4.39 Å². The monoisotopic (exact) mass is 402 g/mol. The van der Waals surface area contributed by atoms with Gasteiger partial charge in [0.1, 0.15) is 29.2 Å². The van der Waals surface area contributed by atoms with Crippen LogP contribution in [0.15, 0.2) is 76.1 Å². The molecule has 0 saturated carbocycles. The quantitative estimate of drug-likeness (QED) is 0.387. The van der Waals surface area contributed by atoms with Gasteiger partial charge in [-0.15, -0.1) is 0 Å². The van der Waals surface area contributed by atoms with Crippen LogP contribution in [-0.4, -0.2) is 11.1 Å². The highest BCUT2D eigenvalue weighted by Crippen LogP contribution is 2.43. The fourth-order valence-corrected chi connectivity index (χ4v) is 3.95. The van der Waals surface area contributed by atoms with Crippen molar-refractivity contribution in [1.29, 1.82) is 0 Å². The number of aromatic hydroxyl groups is 1. The Morgan fingerprint density at radius 3 is 2.60 bits per heavy atom.